The Hall–Kier alpha value is -0.0800. The van der Waals surface area contributed by atoms with Gasteiger partial charge in [0.1, 0.15) is 0 Å². The Labute approximate surface area is 134 Å². The summed E-state index contributed by atoms with van der Waals surface area (Å²) in [6.07, 6.45) is 14.6. The predicted molar refractivity (Wildman–Crippen MR) is 94.7 cm³/mol. The summed E-state index contributed by atoms with van der Waals surface area (Å²) in [5.74, 6) is 0.562. The van der Waals surface area contributed by atoms with Gasteiger partial charge in [0.25, 0.3) is 0 Å². The maximum absolute atomic E-state index is 9.08. The molecule has 0 radical (unpaired) electrons. The fourth-order valence-electron chi connectivity index (χ4n) is 2.30. The lowest BCUT2D eigenvalue weighted by Gasteiger charge is -2.10. The minimum atomic E-state index is -0.0449. The average Bonchev–Trinajstić information content (AvgIpc) is 2.51. The molecule has 0 amide bonds. The van der Waals surface area contributed by atoms with Crippen molar-refractivity contribution in [3.05, 3.63) is 0 Å². The first kappa shape index (κ1) is 23.2. The van der Waals surface area contributed by atoms with Crippen LogP contribution in [0.4, 0.5) is 0 Å². The molecule has 0 fully saturated rings. The first-order valence-corrected chi connectivity index (χ1v) is 9.44. The van der Waals surface area contributed by atoms with Gasteiger partial charge in [0.05, 0.1) is 6.10 Å². The summed E-state index contributed by atoms with van der Waals surface area (Å²) < 4.78 is 0. The van der Waals surface area contributed by atoms with Crippen molar-refractivity contribution < 1.29 is 10.2 Å². The number of aliphatic hydroxyl groups excluding tert-OH is 2. The Morgan fingerprint density at radius 2 is 1.19 bits per heavy atom. The van der Waals surface area contributed by atoms with E-state index >= 15 is 0 Å². The third kappa shape index (κ3) is 19.9. The Kier molecular flexibility index (Phi) is 22.0. The van der Waals surface area contributed by atoms with E-state index in [1.807, 2.05) is 6.92 Å². The van der Waals surface area contributed by atoms with Crippen molar-refractivity contribution in [2.75, 3.05) is 6.61 Å². The summed E-state index contributed by atoms with van der Waals surface area (Å²) in [4.78, 5) is 0. The van der Waals surface area contributed by atoms with Gasteiger partial charge in [0, 0.05) is 6.61 Å². The smallest absolute Gasteiger partial charge is 0.0537 e. The molecule has 0 aliphatic carbocycles. The fraction of sp³-hybridized carbons (Fsp3) is 1.00. The second-order valence-electron chi connectivity index (χ2n) is 6.22. The normalized spacial score (nSPS) is 13.4. The molecule has 0 aliphatic heterocycles. The lowest BCUT2D eigenvalue weighted by molar-refractivity contribution is 0.156. The van der Waals surface area contributed by atoms with Crippen molar-refractivity contribution in [1.29, 1.82) is 0 Å². The molecule has 0 aromatic carbocycles. The summed E-state index contributed by atoms with van der Waals surface area (Å²) >= 11 is 0. The Balaban J connectivity index is 0. The molecule has 2 unspecified atom stereocenters. The van der Waals surface area contributed by atoms with Gasteiger partial charge in [-0.05, 0) is 25.2 Å². The van der Waals surface area contributed by atoms with Crippen LogP contribution < -0.4 is 0 Å². The molecule has 0 heterocycles. The molecule has 0 aromatic heterocycles. The summed E-state index contributed by atoms with van der Waals surface area (Å²) in [5, 5.41) is 18.0. The molecule has 2 atom stereocenters. The van der Waals surface area contributed by atoms with E-state index in [9.17, 15) is 0 Å². The van der Waals surface area contributed by atoms with Crippen molar-refractivity contribution in [2.45, 2.75) is 111 Å². The van der Waals surface area contributed by atoms with Crippen LogP contribution in [-0.4, -0.2) is 22.9 Å². The van der Waals surface area contributed by atoms with E-state index < -0.39 is 0 Å². The first-order chi connectivity index (χ1) is 10.2. The van der Waals surface area contributed by atoms with Crippen LogP contribution in [0.5, 0.6) is 0 Å². The van der Waals surface area contributed by atoms with Crippen LogP contribution in [0.2, 0.25) is 0 Å². The predicted octanol–water partition coefficient (Wildman–Crippen LogP) is 5.70. The third-order valence-corrected chi connectivity index (χ3v) is 4.16. The molecule has 0 rings (SSSR count). The van der Waals surface area contributed by atoms with E-state index in [0.717, 1.165) is 19.3 Å². The molecular weight excluding hydrogens is 260 g/mol. The summed E-state index contributed by atoms with van der Waals surface area (Å²) in [6, 6.07) is 0. The van der Waals surface area contributed by atoms with Crippen molar-refractivity contribution >= 4 is 0 Å². The van der Waals surface area contributed by atoms with Crippen LogP contribution in [0.3, 0.4) is 0 Å². The number of rotatable bonds is 13. The molecular formula is C19H42O2. The highest BCUT2D eigenvalue weighted by Gasteiger charge is 2.02. The molecule has 0 saturated carbocycles. The van der Waals surface area contributed by atoms with Crippen LogP contribution in [0.15, 0.2) is 0 Å². The van der Waals surface area contributed by atoms with E-state index in [1.54, 1.807) is 0 Å². The van der Waals surface area contributed by atoms with Crippen molar-refractivity contribution in [3.8, 4) is 0 Å². The summed E-state index contributed by atoms with van der Waals surface area (Å²) in [7, 11) is 0. The SMILES string of the molecule is CCCCCC(O)CC.CCCCCCCC(CC)CO. The van der Waals surface area contributed by atoms with Crippen molar-refractivity contribution in [1.82, 2.24) is 0 Å². The molecule has 0 aromatic rings. The average molecular weight is 303 g/mol. The standard InChI is InChI=1S/C11H24O.C8H18O/c1-3-5-6-7-8-9-11(4-2)10-12;1-3-5-6-7-8(9)4-2/h11-12H,3-10H2,1-2H3;8-9H,3-7H2,1-2H3. The molecule has 0 bridgehead atoms. The van der Waals surface area contributed by atoms with Gasteiger partial charge < -0.3 is 10.2 Å². The van der Waals surface area contributed by atoms with Gasteiger partial charge in [0.15, 0.2) is 0 Å². The zero-order valence-electron chi connectivity index (χ0n) is 15.2. The van der Waals surface area contributed by atoms with Gasteiger partial charge in [-0.3, -0.25) is 0 Å². The maximum atomic E-state index is 9.08. The van der Waals surface area contributed by atoms with E-state index in [0.29, 0.717) is 12.5 Å². The van der Waals surface area contributed by atoms with Gasteiger partial charge in [-0.25, -0.2) is 0 Å². The fourth-order valence-corrected chi connectivity index (χ4v) is 2.30. The van der Waals surface area contributed by atoms with Crippen LogP contribution in [0.25, 0.3) is 0 Å². The summed E-state index contributed by atoms with van der Waals surface area (Å²) in [5.41, 5.74) is 0. The molecule has 0 spiro atoms. The van der Waals surface area contributed by atoms with Gasteiger partial charge in [0.2, 0.25) is 0 Å². The number of unbranched alkanes of at least 4 members (excludes halogenated alkanes) is 6. The van der Waals surface area contributed by atoms with E-state index in [4.69, 9.17) is 10.2 Å². The molecule has 2 heteroatoms. The van der Waals surface area contributed by atoms with Crippen molar-refractivity contribution in [3.63, 3.8) is 0 Å². The molecule has 130 valence electrons. The van der Waals surface area contributed by atoms with E-state index in [2.05, 4.69) is 20.8 Å². The topological polar surface area (TPSA) is 40.5 Å². The van der Waals surface area contributed by atoms with E-state index in [1.165, 1.54) is 57.8 Å². The highest BCUT2D eigenvalue weighted by atomic mass is 16.3. The number of hydrogen-bond donors (Lipinski definition) is 2. The second-order valence-corrected chi connectivity index (χ2v) is 6.22. The number of aliphatic hydroxyl groups is 2. The quantitative estimate of drug-likeness (QED) is 0.428. The Morgan fingerprint density at radius 1 is 0.667 bits per heavy atom. The van der Waals surface area contributed by atoms with Crippen LogP contribution in [0, 0.1) is 5.92 Å². The van der Waals surface area contributed by atoms with Crippen molar-refractivity contribution in [2.24, 2.45) is 5.92 Å². The number of hydrogen-bond acceptors (Lipinski definition) is 2. The van der Waals surface area contributed by atoms with Crippen LogP contribution in [0.1, 0.15) is 105 Å². The summed E-state index contributed by atoms with van der Waals surface area (Å²) in [6.45, 7) is 8.98. The largest absolute Gasteiger partial charge is 0.396 e. The monoisotopic (exact) mass is 302 g/mol. The molecule has 2 nitrogen and oxygen atoms in total. The minimum absolute atomic E-state index is 0.0449. The lowest BCUT2D eigenvalue weighted by atomic mass is 9.99. The first-order valence-electron chi connectivity index (χ1n) is 9.44. The van der Waals surface area contributed by atoms with Gasteiger partial charge >= 0.3 is 0 Å². The second kappa shape index (κ2) is 19.9. The lowest BCUT2D eigenvalue weighted by Crippen LogP contribution is -2.03. The van der Waals surface area contributed by atoms with E-state index in [-0.39, 0.29) is 6.10 Å². The maximum Gasteiger partial charge on any atom is 0.0537 e. The highest BCUT2D eigenvalue weighted by molar-refractivity contribution is 4.55. The van der Waals surface area contributed by atoms with Gasteiger partial charge in [-0.1, -0.05) is 85.5 Å². The Morgan fingerprint density at radius 3 is 1.67 bits per heavy atom. The molecule has 0 aliphatic rings. The van der Waals surface area contributed by atoms with Gasteiger partial charge in [-0.2, -0.15) is 0 Å². The van der Waals surface area contributed by atoms with Gasteiger partial charge in [-0.15, -0.1) is 0 Å². The minimum Gasteiger partial charge on any atom is -0.396 e. The van der Waals surface area contributed by atoms with Crippen LogP contribution >= 0.6 is 0 Å². The zero-order chi connectivity index (χ0) is 16.3. The third-order valence-electron chi connectivity index (χ3n) is 4.16. The molecule has 0 saturated heterocycles. The van der Waals surface area contributed by atoms with Crippen LogP contribution in [-0.2, 0) is 0 Å². The molecule has 21 heavy (non-hydrogen) atoms. The highest BCUT2D eigenvalue weighted by Crippen LogP contribution is 2.13. The zero-order valence-corrected chi connectivity index (χ0v) is 15.2. The Bertz CT molecular complexity index is 167. The molecule has 2 N–H and O–H groups in total.